The van der Waals surface area contributed by atoms with E-state index in [1.165, 1.54) is 18.2 Å². The van der Waals surface area contributed by atoms with Gasteiger partial charge >= 0.3 is 0 Å². The van der Waals surface area contributed by atoms with Gasteiger partial charge in [0.15, 0.2) is 0 Å². The number of rotatable bonds is 2. The minimum Gasteiger partial charge on any atom is -0.455 e. The summed E-state index contributed by atoms with van der Waals surface area (Å²) >= 11 is 0. The smallest absolute Gasteiger partial charge is 0.214 e. The third-order valence-electron chi connectivity index (χ3n) is 3.17. The molecule has 1 atom stereocenters. The zero-order chi connectivity index (χ0) is 14.3. The summed E-state index contributed by atoms with van der Waals surface area (Å²) in [6.07, 6.45) is -1.27. The molecular weight excluding hydrogens is 280 g/mol. The predicted octanol–water partition coefficient (Wildman–Crippen LogP) is 1.65. The first-order valence-electron chi connectivity index (χ1n) is 5.99. The van der Waals surface area contributed by atoms with Crippen LogP contribution in [0.25, 0.3) is 0 Å². The Morgan fingerprint density at radius 2 is 1.75 bits per heavy atom. The van der Waals surface area contributed by atoms with Crippen molar-refractivity contribution in [3.05, 3.63) is 48.0 Å². The molecule has 0 aliphatic carbocycles. The van der Waals surface area contributed by atoms with Gasteiger partial charge in [-0.3, -0.25) is 0 Å². The standard InChI is InChI=1S/C14H12O5S/c15-8-10(16)9-4-3-6-12-14(9)20(17,18)13-7-2-1-5-11(13)19-12/h1-7,10,15-16H,8H2/t10-/m1/s1. The Morgan fingerprint density at radius 3 is 2.50 bits per heavy atom. The van der Waals surface area contributed by atoms with Gasteiger partial charge in [-0.05, 0) is 18.2 Å². The van der Waals surface area contributed by atoms with Crippen LogP contribution in [0, 0.1) is 0 Å². The first kappa shape index (κ1) is 13.1. The van der Waals surface area contributed by atoms with Gasteiger partial charge in [0.1, 0.15) is 27.4 Å². The number of hydrogen-bond donors (Lipinski definition) is 2. The summed E-state index contributed by atoms with van der Waals surface area (Å²) < 4.78 is 30.9. The van der Waals surface area contributed by atoms with E-state index in [2.05, 4.69) is 0 Å². The van der Waals surface area contributed by atoms with E-state index in [0.29, 0.717) is 0 Å². The molecule has 1 aliphatic heterocycles. The van der Waals surface area contributed by atoms with Gasteiger partial charge in [0, 0.05) is 5.56 Å². The number of ether oxygens (including phenoxy) is 1. The van der Waals surface area contributed by atoms with E-state index in [9.17, 15) is 13.5 Å². The lowest BCUT2D eigenvalue weighted by Crippen LogP contribution is -2.16. The lowest BCUT2D eigenvalue weighted by atomic mass is 10.1. The van der Waals surface area contributed by atoms with Crippen LogP contribution >= 0.6 is 0 Å². The van der Waals surface area contributed by atoms with Gasteiger partial charge in [-0.25, -0.2) is 8.42 Å². The maximum Gasteiger partial charge on any atom is 0.214 e. The number of fused-ring (bicyclic) bond motifs is 2. The molecule has 0 unspecified atom stereocenters. The van der Waals surface area contributed by atoms with Gasteiger partial charge in [-0.15, -0.1) is 0 Å². The van der Waals surface area contributed by atoms with Gasteiger partial charge in [0.25, 0.3) is 0 Å². The van der Waals surface area contributed by atoms with Crippen molar-refractivity contribution in [2.24, 2.45) is 0 Å². The average molecular weight is 292 g/mol. The Balaban J connectivity index is 2.31. The molecule has 20 heavy (non-hydrogen) atoms. The molecule has 2 aromatic carbocycles. The van der Waals surface area contributed by atoms with Crippen molar-refractivity contribution < 1.29 is 23.4 Å². The first-order valence-corrected chi connectivity index (χ1v) is 7.48. The minimum absolute atomic E-state index is 0.0603. The van der Waals surface area contributed by atoms with Crippen molar-refractivity contribution in [1.82, 2.24) is 0 Å². The molecule has 104 valence electrons. The number of benzene rings is 2. The average Bonchev–Trinajstić information content (AvgIpc) is 2.46. The summed E-state index contributed by atoms with van der Waals surface area (Å²) in [6.45, 7) is -0.562. The van der Waals surface area contributed by atoms with Gasteiger partial charge in [-0.2, -0.15) is 0 Å². The molecule has 0 saturated carbocycles. The fourth-order valence-corrected chi connectivity index (χ4v) is 3.99. The van der Waals surface area contributed by atoms with Crippen LogP contribution in [0.2, 0.25) is 0 Å². The molecule has 0 radical (unpaired) electrons. The molecule has 1 heterocycles. The number of hydrogen-bond acceptors (Lipinski definition) is 5. The highest BCUT2D eigenvalue weighted by Gasteiger charge is 2.34. The Kier molecular flexibility index (Phi) is 3.01. The molecule has 0 spiro atoms. The van der Waals surface area contributed by atoms with Gasteiger partial charge in [0.2, 0.25) is 9.84 Å². The highest BCUT2D eigenvalue weighted by atomic mass is 32.2. The van der Waals surface area contributed by atoms with Crippen molar-refractivity contribution in [1.29, 1.82) is 0 Å². The molecular formula is C14H12O5S. The monoisotopic (exact) mass is 292 g/mol. The molecule has 5 nitrogen and oxygen atoms in total. The van der Waals surface area contributed by atoms with E-state index >= 15 is 0 Å². The van der Waals surface area contributed by atoms with Crippen molar-refractivity contribution in [2.45, 2.75) is 15.9 Å². The molecule has 0 amide bonds. The highest BCUT2D eigenvalue weighted by Crippen LogP contribution is 2.44. The topological polar surface area (TPSA) is 83.8 Å². The Hall–Kier alpha value is -1.89. The van der Waals surface area contributed by atoms with Gasteiger partial charge < -0.3 is 14.9 Å². The minimum atomic E-state index is -3.78. The maximum absolute atomic E-state index is 12.7. The van der Waals surface area contributed by atoms with Crippen molar-refractivity contribution >= 4 is 9.84 Å². The summed E-state index contributed by atoms with van der Waals surface area (Å²) in [5, 5.41) is 18.9. The Labute approximate surface area is 116 Å². The van der Waals surface area contributed by atoms with Crippen molar-refractivity contribution in [3.8, 4) is 11.5 Å². The largest absolute Gasteiger partial charge is 0.455 e. The van der Waals surface area contributed by atoms with Crippen LogP contribution in [0.4, 0.5) is 0 Å². The van der Waals surface area contributed by atoms with E-state index in [4.69, 9.17) is 9.84 Å². The fourth-order valence-electron chi connectivity index (χ4n) is 2.25. The van der Waals surface area contributed by atoms with Crippen LogP contribution in [0.15, 0.2) is 52.3 Å². The number of aliphatic hydroxyl groups is 2. The highest BCUT2D eigenvalue weighted by molar-refractivity contribution is 7.91. The molecule has 2 N–H and O–H groups in total. The van der Waals surface area contributed by atoms with Gasteiger partial charge in [0.05, 0.1) is 6.61 Å². The van der Waals surface area contributed by atoms with E-state index < -0.39 is 22.5 Å². The number of aliphatic hydroxyl groups excluding tert-OH is 2. The van der Waals surface area contributed by atoms with Crippen LogP contribution in [0.5, 0.6) is 11.5 Å². The molecule has 0 aromatic heterocycles. The lowest BCUT2D eigenvalue weighted by molar-refractivity contribution is 0.0931. The summed E-state index contributed by atoms with van der Waals surface area (Å²) in [5.41, 5.74) is 0.138. The normalized spacial score (nSPS) is 16.7. The summed E-state index contributed by atoms with van der Waals surface area (Å²) in [5.74, 6) is 0.421. The van der Waals surface area contributed by atoms with Crippen LogP contribution in [-0.4, -0.2) is 25.2 Å². The van der Waals surface area contributed by atoms with Crippen molar-refractivity contribution in [3.63, 3.8) is 0 Å². The van der Waals surface area contributed by atoms with Crippen LogP contribution in [0.3, 0.4) is 0 Å². The van der Waals surface area contributed by atoms with E-state index in [-0.39, 0.29) is 26.9 Å². The molecule has 0 saturated heterocycles. The van der Waals surface area contributed by atoms with Crippen LogP contribution in [-0.2, 0) is 9.84 Å². The molecule has 3 rings (SSSR count). The first-order chi connectivity index (χ1) is 9.55. The molecule has 6 heteroatoms. The fraction of sp³-hybridized carbons (Fsp3) is 0.143. The third-order valence-corrected chi connectivity index (χ3v) is 5.06. The zero-order valence-corrected chi connectivity index (χ0v) is 11.2. The quantitative estimate of drug-likeness (QED) is 0.750. The maximum atomic E-state index is 12.7. The molecule has 0 fully saturated rings. The van der Waals surface area contributed by atoms with E-state index in [1.54, 1.807) is 24.3 Å². The Bertz CT molecular complexity index is 767. The SMILES string of the molecule is O=S1(=O)c2ccccc2Oc2cccc([C@H](O)CO)c21. The molecule has 0 bridgehead atoms. The molecule has 2 aromatic rings. The van der Waals surface area contributed by atoms with E-state index in [1.807, 2.05) is 0 Å². The zero-order valence-electron chi connectivity index (χ0n) is 10.4. The summed E-state index contributed by atoms with van der Waals surface area (Å²) in [6, 6.07) is 10.9. The number of sulfone groups is 1. The number of para-hydroxylation sites is 1. The second-order valence-electron chi connectivity index (χ2n) is 4.43. The summed E-state index contributed by atoms with van der Waals surface area (Å²) in [7, 11) is -3.78. The molecule has 1 aliphatic rings. The second kappa shape index (κ2) is 4.59. The predicted molar refractivity (Wildman–Crippen MR) is 70.5 cm³/mol. The van der Waals surface area contributed by atoms with Gasteiger partial charge in [-0.1, -0.05) is 24.3 Å². The lowest BCUT2D eigenvalue weighted by Gasteiger charge is -2.23. The van der Waals surface area contributed by atoms with Crippen molar-refractivity contribution in [2.75, 3.05) is 6.61 Å². The second-order valence-corrected chi connectivity index (χ2v) is 6.28. The summed E-state index contributed by atoms with van der Waals surface area (Å²) in [4.78, 5) is -0.0228. The third kappa shape index (κ3) is 1.81. The van der Waals surface area contributed by atoms with Crippen LogP contribution in [0.1, 0.15) is 11.7 Å². The Morgan fingerprint density at radius 1 is 1.05 bits per heavy atom. The van der Waals surface area contributed by atoms with Crippen LogP contribution < -0.4 is 4.74 Å². The van der Waals surface area contributed by atoms with E-state index in [0.717, 1.165) is 0 Å².